The predicted molar refractivity (Wildman–Crippen MR) is 52.8 cm³/mol. The first-order valence-electron chi connectivity index (χ1n) is 4.31. The predicted octanol–water partition coefficient (Wildman–Crippen LogP) is 0.417. The number of phenolic OH excluding ortho intramolecular Hbond substituents is 2. The van der Waals surface area contributed by atoms with Gasteiger partial charge < -0.3 is 15.5 Å². The number of aromatic hydroxyl groups is 2. The van der Waals surface area contributed by atoms with Crippen molar-refractivity contribution in [3.63, 3.8) is 0 Å². The molecule has 5 heteroatoms. The Labute approximate surface area is 86.4 Å². The summed E-state index contributed by atoms with van der Waals surface area (Å²) >= 11 is 0. The summed E-state index contributed by atoms with van der Waals surface area (Å²) < 4.78 is 0. The first-order chi connectivity index (χ1) is 7.02. The third-order valence-corrected chi connectivity index (χ3v) is 1.75. The molecular weight excluding hydrogens is 198 g/mol. The molecule has 0 fully saturated rings. The number of carbonyl (C=O) groups excluding carboxylic acids is 2. The van der Waals surface area contributed by atoms with Crippen LogP contribution in [0.5, 0.6) is 11.5 Å². The topological polar surface area (TPSA) is 86.6 Å². The van der Waals surface area contributed by atoms with Crippen LogP contribution in [0, 0.1) is 0 Å². The maximum atomic E-state index is 11.4. The standard InChI is InChI=1S/C10H11NO4/c1-6(12)5-11-10(15)9-7(13)3-2-4-8(9)14/h2-4,13-14H,5H2,1H3,(H,11,15). The summed E-state index contributed by atoms with van der Waals surface area (Å²) in [5.41, 5.74) is -0.223. The highest BCUT2D eigenvalue weighted by Gasteiger charge is 2.15. The average Bonchev–Trinajstić information content (AvgIpc) is 2.14. The van der Waals surface area contributed by atoms with Crippen molar-refractivity contribution in [3.8, 4) is 11.5 Å². The highest BCUT2D eigenvalue weighted by molar-refractivity contribution is 6.00. The summed E-state index contributed by atoms with van der Waals surface area (Å²) in [5.74, 6) is -1.54. The molecule has 5 nitrogen and oxygen atoms in total. The molecule has 0 bridgehead atoms. The number of hydrogen-bond acceptors (Lipinski definition) is 4. The maximum Gasteiger partial charge on any atom is 0.259 e. The third kappa shape index (κ3) is 2.70. The fourth-order valence-electron chi connectivity index (χ4n) is 1.05. The van der Waals surface area contributed by atoms with Crippen LogP contribution >= 0.6 is 0 Å². The quantitative estimate of drug-likeness (QED) is 0.673. The first kappa shape index (κ1) is 11.0. The van der Waals surface area contributed by atoms with E-state index >= 15 is 0 Å². The molecule has 1 aromatic rings. The lowest BCUT2D eigenvalue weighted by Gasteiger charge is -2.06. The van der Waals surface area contributed by atoms with Gasteiger partial charge in [0.2, 0.25) is 0 Å². The Morgan fingerprint density at radius 1 is 1.27 bits per heavy atom. The lowest BCUT2D eigenvalue weighted by molar-refractivity contribution is -0.116. The molecular formula is C10H11NO4. The Morgan fingerprint density at radius 3 is 2.27 bits per heavy atom. The Hall–Kier alpha value is -2.04. The summed E-state index contributed by atoms with van der Waals surface area (Å²) in [6.45, 7) is 1.19. The smallest absolute Gasteiger partial charge is 0.259 e. The van der Waals surface area contributed by atoms with E-state index in [-0.39, 0.29) is 29.4 Å². The molecule has 80 valence electrons. The van der Waals surface area contributed by atoms with Crippen molar-refractivity contribution in [1.82, 2.24) is 5.32 Å². The Morgan fingerprint density at radius 2 is 1.80 bits per heavy atom. The van der Waals surface area contributed by atoms with Crippen molar-refractivity contribution in [2.24, 2.45) is 0 Å². The molecule has 0 aliphatic carbocycles. The number of amides is 1. The van der Waals surface area contributed by atoms with Crippen LogP contribution in [0.3, 0.4) is 0 Å². The molecule has 0 aromatic heterocycles. The van der Waals surface area contributed by atoms with Crippen LogP contribution in [0.2, 0.25) is 0 Å². The van der Waals surface area contributed by atoms with E-state index in [4.69, 9.17) is 0 Å². The van der Waals surface area contributed by atoms with Crippen molar-refractivity contribution in [2.75, 3.05) is 6.54 Å². The molecule has 1 rings (SSSR count). The molecule has 0 aliphatic heterocycles. The van der Waals surface area contributed by atoms with E-state index in [1.807, 2.05) is 0 Å². The van der Waals surface area contributed by atoms with E-state index in [0.29, 0.717) is 0 Å². The van der Waals surface area contributed by atoms with Crippen LogP contribution in [0.25, 0.3) is 0 Å². The van der Waals surface area contributed by atoms with Gasteiger partial charge in [-0.1, -0.05) is 6.07 Å². The van der Waals surface area contributed by atoms with Gasteiger partial charge in [0.05, 0.1) is 6.54 Å². The maximum absolute atomic E-state index is 11.4. The Bertz CT molecular complexity index is 380. The summed E-state index contributed by atoms with van der Waals surface area (Å²) in [6.07, 6.45) is 0. The summed E-state index contributed by atoms with van der Waals surface area (Å²) in [5, 5.41) is 20.9. The number of hydrogen-bond donors (Lipinski definition) is 3. The van der Waals surface area contributed by atoms with Crippen molar-refractivity contribution in [3.05, 3.63) is 23.8 Å². The normalized spacial score (nSPS) is 9.67. The number of nitrogens with one attached hydrogen (secondary N) is 1. The van der Waals surface area contributed by atoms with E-state index in [0.717, 1.165) is 0 Å². The van der Waals surface area contributed by atoms with Crippen LogP contribution < -0.4 is 5.32 Å². The molecule has 0 heterocycles. The second-order valence-electron chi connectivity index (χ2n) is 3.06. The Balaban J connectivity index is 2.86. The van der Waals surface area contributed by atoms with Crippen LogP contribution in [-0.4, -0.2) is 28.4 Å². The van der Waals surface area contributed by atoms with Crippen LogP contribution in [0.4, 0.5) is 0 Å². The summed E-state index contributed by atoms with van der Waals surface area (Å²) in [4.78, 5) is 22.0. The number of phenols is 2. The van der Waals surface area contributed by atoms with Gasteiger partial charge in [-0.3, -0.25) is 9.59 Å². The van der Waals surface area contributed by atoms with Gasteiger partial charge in [-0.2, -0.15) is 0 Å². The van der Waals surface area contributed by atoms with Crippen LogP contribution in [0.15, 0.2) is 18.2 Å². The monoisotopic (exact) mass is 209 g/mol. The van der Waals surface area contributed by atoms with Gasteiger partial charge in [0.1, 0.15) is 22.8 Å². The number of Topliss-reactive ketones (excluding diaryl/α,β-unsaturated/α-hetero) is 1. The number of carbonyl (C=O) groups is 2. The van der Waals surface area contributed by atoms with Crippen molar-refractivity contribution in [1.29, 1.82) is 0 Å². The fourth-order valence-corrected chi connectivity index (χ4v) is 1.05. The highest BCUT2D eigenvalue weighted by Crippen LogP contribution is 2.25. The van der Waals surface area contributed by atoms with E-state index in [1.165, 1.54) is 25.1 Å². The molecule has 3 N–H and O–H groups in total. The van der Waals surface area contributed by atoms with Crippen molar-refractivity contribution in [2.45, 2.75) is 6.92 Å². The highest BCUT2D eigenvalue weighted by atomic mass is 16.3. The minimum Gasteiger partial charge on any atom is -0.507 e. The SMILES string of the molecule is CC(=O)CNC(=O)c1c(O)cccc1O. The van der Waals surface area contributed by atoms with E-state index in [2.05, 4.69) is 5.32 Å². The largest absolute Gasteiger partial charge is 0.507 e. The van der Waals surface area contributed by atoms with Gasteiger partial charge in [0.25, 0.3) is 5.91 Å². The molecule has 0 spiro atoms. The van der Waals surface area contributed by atoms with Crippen LogP contribution in [-0.2, 0) is 4.79 Å². The van der Waals surface area contributed by atoms with Gasteiger partial charge in [-0.15, -0.1) is 0 Å². The fraction of sp³-hybridized carbons (Fsp3) is 0.200. The van der Waals surface area contributed by atoms with Crippen molar-refractivity contribution < 1.29 is 19.8 Å². The number of benzene rings is 1. The summed E-state index contributed by atoms with van der Waals surface area (Å²) in [7, 11) is 0. The molecule has 0 saturated heterocycles. The van der Waals surface area contributed by atoms with Gasteiger partial charge in [0, 0.05) is 0 Å². The average molecular weight is 209 g/mol. The van der Waals surface area contributed by atoms with E-state index in [9.17, 15) is 19.8 Å². The first-order valence-corrected chi connectivity index (χ1v) is 4.31. The van der Waals surface area contributed by atoms with Gasteiger partial charge >= 0.3 is 0 Å². The molecule has 1 amide bonds. The zero-order valence-electron chi connectivity index (χ0n) is 8.15. The molecule has 1 aromatic carbocycles. The second-order valence-corrected chi connectivity index (χ2v) is 3.06. The molecule has 0 radical (unpaired) electrons. The third-order valence-electron chi connectivity index (χ3n) is 1.75. The van der Waals surface area contributed by atoms with Gasteiger partial charge in [-0.05, 0) is 19.1 Å². The molecule has 0 aliphatic rings. The van der Waals surface area contributed by atoms with Crippen molar-refractivity contribution >= 4 is 11.7 Å². The zero-order valence-corrected chi connectivity index (χ0v) is 8.15. The van der Waals surface area contributed by atoms with Gasteiger partial charge in [0.15, 0.2) is 0 Å². The molecule has 0 saturated carbocycles. The lowest BCUT2D eigenvalue weighted by atomic mass is 10.1. The van der Waals surface area contributed by atoms with Gasteiger partial charge in [-0.25, -0.2) is 0 Å². The zero-order chi connectivity index (χ0) is 11.4. The molecule has 0 unspecified atom stereocenters. The van der Waals surface area contributed by atoms with Crippen LogP contribution in [0.1, 0.15) is 17.3 Å². The lowest BCUT2D eigenvalue weighted by Crippen LogP contribution is -2.28. The minimum atomic E-state index is -0.680. The van der Waals surface area contributed by atoms with E-state index < -0.39 is 5.91 Å². The second kappa shape index (κ2) is 4.45. The number of ketones is 1. The minimum absolute atomic E-state index is 0.132. The Kier molecular flexibility index (Phi) is 3.28. The summed E-state index contributed by atoms with van der Waals surface area (Å²) in [6, 6.07) is 3.97. The molecule has 0 atom stereocenters. The molecule has 15 heavy (non-hydrogen) atoms. The number of rotatable bonds is 3. The van der Waals surface area contributed by atoms with E-state index in [1.54, 1.807) is 0 Å².